The number of benzene rings is 2. The average Bonchev–Trinajstić information content (AvgIpc) is 3.20. The first-order valence-corrected chi connectivity index (χ1v) is 8.98. The molecule has 1 heterocycles. The first kappa shape index (κ1) is 20.9. The summed E-state index contributed by atoms with van der Waals surface area (Å²) in [5, 5.41) is 16.9. The highest BCUT2D eigenvalue weighted by molar-refractivity contribution is 6.32. The highest BCUT2D eigenvalue weighted by Crippen LogP contribution is 2.25. The molecule has 0 aliphatic rings. The number of carbonyl (C=O) groups is 2. The van der Waals surface area contributed by atoms with Gasteiger partial charge >= 0.3 is 5.97 Å². The van der Waals surface area contributed by atoms with E-state index in [-0.39, 0.29) is 23.1 Å². The normalized spacial score (nSPS) is 10.5. The van der Waals surface area contributed by atoms with Crippen LogP contribution in [0.5, 0.6) is 0 Å². The van der Waals surface area contributed by atoms with Crippen molar-refractivity contribution in [2.75, 3.05) is 6.54 Å². The van der Waals surface area contributed by atoms with Crippen LogP contribution < -0.4 is 5.32 Å². The van der Waals surface area contributed by atoms with Gasteiger partial charge in [0.25, 0.3) is 17.5 Å². The van der Waals surface area contributed by atoms with Gasteiger partial charge in [-0.05, 0) is 19.1 Å². The fraction of sp³-hybridized carbons (Fsp3) is 0.158. The molecule has 10 nitrogen and oxygen atoms in total. The van der Waals surface area contributed by atoms with E-state index >= 15 is 0 Å². The highest BCUT2D eigenvalue weighted by atomic mass is 35.5. The Morgan fingerprint density at radius 3 is 2.67 bits per heavy atom. The summed E-state index contributed by atoms with van der Waals surface area (Å²) in [4.78, 5) is 38.2. The number of nitrogens with one attached hydrogen (secondary N) is 1. The summed E-state index contributed by atoms with van der Waals surface area (Å²) >= 11 is 5.70. The molecule has 11 heteroatoms. The van der Waals surface area contributed by atoms with E-state index in [0.29, 0.717) is 5.82 Å². The molecular weight excluding hydrogens is 416 g/mol. The lowest BCUT2D eigenvalue weighted by atomic mass is 10.1. The summed E-state index contributed by atoms with van der Waals surface area (Å²) in [5.74, 6) is -0.981. The number of ether oxygens (including phenoxy) is 1. The number of esters is 1. The molecule has 3 rings (SSSR count). The van der Waals surface area contributed by atoms with Crippen molar-refractivity contribution in [1.29, 1.82) is 0 Å². The zero-order chi connectivity index (χ0) is 21.7. The molecule has 0 unspecified atom stereocenters. The molecule has 0 spiro atoms. The molecule has 1 aromatic heterocycles. The lowest BCUT2D eigenvalue weighted by Crippen LogP contribution is -2.30. The van der Waals surface area contributed by atoms with Crippen LogP contribution in [0.1, 0.15) is 21.8 Å². The Labute approximate surface area is 174 Å². The second-order valence-corrected chi connectivity index (χ2v) is 6.55. The van der Waals surface area contributed by atoms with Crippen molar-refractivity contribution in [2.24, 2.45) is 0 Å². The van der Waals surface area contributed by atoms with Gasteiger partial charge in [0.05, 0.1) is 4.92 Å². The Bertz CT molecular complexity index is 1100. The number of rotatable bonds is 7. The molecule has 0 bridgehead atoms. The predicted octanol–water partition coefficient (Wildman–Crippen LogP) is 3.08. The topological polar surface area (TPSA) is 137 Å². The fourth-order valence-electron chi connectivity index (χ4n) is 2.37. The second-order valence-electron chi connectivity index (χ2n) is 6.14. The summed E-state index contributed by atoms with van der Waals surface area (Å²) in [6.07, 6.45) is 0. The molecular formula is C19H15ClN4O6. The fourth-order valence-corrected chi connectivity index (χ4v) is 2.56. The van der Waals surface area contributed by atoms with E-state index in [1.807, 2.05) is 31.2 Å². The number of aryl methyl sites for hydroxylation is 1. The average molecular weight is 431 g/mol. The summed E-state index contributed by atoms with van der Waals surface area (Å²) in [6, 6.07) is 11.1. The maximum Gasteiger partial charge on any atom is 0.325 e. The number of hydrogen-bond donors (Lipinski definition) is 1. The van der Waals surface area contributed by atoms with Crippen LogP contribution in [0.2, 0.25) is 5.02 Å². The van der Waals surface area contributed by atoms with Gasteiger partial charge in [-0.25, -0.2) is 0 Å². The SMILES string of the molecule is Cc1ccc(-c2noc(COC(=O)CNC(=O)c3ccc(Cl)c([N+](=O)[O-])c3)n2)cc1. The lowest BCUT2D eigenvalue weighted by Gasteiger charge is -2.05. The monoisotopic (exact) mass is 430 g/mol. The number of carbonyl (C=O) groups excluding carboxylic acids is 2. The number of nitro groups is 1. The smallest absolute Gasteiger partial charge is 0.325 e. The van der Waals surface area contributed by atoms with Crippen LogP contribution in [0, 0.1) is 17.0 Å². The number of aromatic nitrogens is 2. The van der Waals surface area contributed by atoms with E-state index < -0.39 is 29.0 Å². The minimum Gasteiger partial charge on any atom is -0.454 e. The van der Waals surface area contributed by atoms with E-state index in [1.165, 1.54) is 12.1 Å². The van der Waals surface area contributed by atoms with Crippen molar-refractivity contribution in [3.63, 3.8) is 0 Å². The van der Waals surface area contributed by atoms with E-state index in [4.69, 9.17) is 20.9 Å². The van der Waals surface area contributed by atoms with Crippen LogP contribution >= 0.6 is 11.6 Å². The summed E-state index contributed by atoms with van der Waals surface area (Å²) in [5.41, 5.74) is 1.42. The predicted molar refractivity (Wildman–Crippen MR) is 105 cm³/mol. The van der Waals surface area contributed by atoms with Gasteiger partial charge in [0, 0.05) is 17.2 Å². The molecule has 0 saturated heterocycles. The Kier molecular flexibility index (Phi) is 6.38. The van der Waals surface area contributed by atoms with Crippen LogP contribution in [0.3, 0.4) is 0 Å². The lowest BCUT2D eigenvalue weighted by molar-refractivity contribution is -0.384. The Balaban J connectivity index is 1.51. The summed E-state index contributed by atoms with van der Waals surface area (Å²) < 4.78 is 10.0. The van der Waals surface area contributed by atoms with Gasteiger partial charge in [-0.1, -0.05) is 46.6 Å². The molecule has 1 N–H and O–H groups in total. The van der Waals surface area contributed by atoms with Crippen LogP contribution in [0.25, 0.3) is 11.4 Å². The molecule has 0 atom stereocenters. The van der Waals surface area contributed by atoms with Gasteiger partial charge in [0.2, 0.25) is 5.82 Å². The first-order chi connectivity index (χ1) is 14.3. The van der Waals surface area contributed by atoms with Gasteiger partial charge in [0.1, 0.15) is 11.6 Å². The molecule has 2 aromatic carbocycles. The van der Waals surface area contributed by atoms with Gasteiger partial charge in [-0.2, -0.15) is 4.98 Å². The third kappa shape index (κ3) is 5.17. The number of amides is 1. The molecule has 0 aliphatic heterocycles. The van der Waals surface area contributed by atoms with Gasteiger partial charge in [-0.15, -0.1) is 0 Å². The van der Waals surface area contributed by atoms with Crippen LogP contribution in [0.15, 0.2) is 47.0 Å². The van der Waals surface area contributed by atoms with Crippen molar-refractivity contribution in [3.8, 4) is 11.4 Å². The molecule has 1 amide bonds. The van der Waals surface area contributed by atoms with Crippen molar-refractivity contribution in [3.05, 3.63) is 74.6 Å². The van der Waals surface area contributed by atoms with Gasteiger partial charge in [0.15, 0.2) is 6.61 Å². The molecule has 0 radical (unpaired) electrons. The van der Waals surface area contributed by atoms with Crippen molar-refractivity contribution in [2.45, 2.75) is 13.5 Å². The van der Waals surface area contributed by atoms with Gasteiger partial charge < -0.3 is 14.6 Å². The van der Waals surface area contributed by atoms with Crippen molar-refractivity contribution < 1.29 is 23.8 Å². The van der Waals surface area contributed by atoms with E-state index in [0.717, 1.165) is 17.2 Å². The minimum absolute atomic E-state index is 0.0152. The standard InChI is InChI=1S/C19H15ClN4O6/c1-11-2-4-12(5-3-11)18-22-16(30-23-18)10-29-17(25)9-21-19(26)13-6-7-14(20)15(8-13)24(27)28/h2-8H,9-10H2,1H3,(H,21,26). The minimum atomic E-state index is -0.748. The van der Waals surface area contributed by atoms with E-state index in [9.17, 15) is 19.7 Å². The van der Waals surface area contributed by atoms with Crippen LogP contribution in [-0.2, 0) is 16.1 Å². The molecule has 154 valence electrons. The first-order valence-electron chi connectivity index (χ1n) is 8.61. The molecule has 0 fully saturated rings. The zero-order valence-electron chi connectivity index (χ0n) is 15.6. The number of nitrogens with zero attached hydrogens (tertiary/aromatic N) is 3. The Morgan fingerprint density at radius 1 is 1.23 bits per heavy atom. The third-order valence-electron chi connectivity index (χ3n) is 3.93. The molecule has 0 saturated carbocycles. The third-order valence-corrected chi connectivity index (χ3v) is 4.25. The second kappa shape index (κ2) is 9.14. The maximum absolute atomic E-state index is 12.1. The summed E-state index contributed by atoms with van der Waals surface area (Å²) in [7, 11) is 0. The molecule has 30 heavy (non-hydrogen) atoms. The Hall–Kier alpha value is -3.79. The zero-order valence-corrected chi connectivity index (χ0v) is 16.4. The highest BCUT2D eigenvalue weighted by Gasteiger charge is 2.17. The number of nitro benzene ring substituents is 1. The Morgan fingerprint density at radius 2 is 1.97 bits per heavy atom. The van der Waals surface area contributed by atoms with E-state index in [1.54, 1.807) is 0 Å². The summed E-state index contributed by atoms with van der Waals surface area (Å²) in [6.45, 7) is 1.24. The van der Waals surface area contributed by atoms with Crippen molar-refractivity contribution in [1.82, 2.24) is 15.5 Å². The van der Waals surface area contributed by atoms with Gasteiger partial charge in [-0.3, -0.25) is 19.7 Å². The van der Waals surface area contributed by atoms with Crippen molar-refractivity contribution >= 4 is 29.2 Å². The van der Waals surface area contributed by atoms with Crippen LogP contribution in [-0.4, -0.2) is 33.5 Å². The largest absolute Gasteiger partial charge is 0.454 e. The number of hydrogen-bond acceptors (Lipinski definition) is 8. The number of halogens is 1. The molecule has 0 aliphatic carbocycles. The quantitative estimate of drug-likeness (QED) is 0.343. The molecule has 3 aromatic rings. The van der Waals surface area contributed by atoms with Crippen LogP contribution in [0.4, 0.5) is 5.69 Å². The van der Waals surface area contributed by atoms with E-state index in [2.05, 4.69) is 15.5 Å². The maximum atomic E-state index is 12.1.